The van der Waals surface area contributed by atoms with Crippen molar-refractivity contribution in [2.45, 2.75) is 38.8 Å². The van der Waals surface area contributed by atoms with Crippen molar-refractivity contribution in [3.63, 3.8) is 0 Å². The van der Waals surface area contributed by atoms with E-state index in [0.29, 0.717) is 12.2 Å². The second-order valence-electron chi connectivity index (χ2n) is 7.60. The van der Waals surface area contributed by atoms with E-state index in [1.165, 1.54) is 12.1 Å². The molecule has 0 amide bonds. The fraction of sp³-hybridized carbons (Fsp3) is 0.261. The van der Waals surface area contributed by atoms with Gasteiger partial charge in [0.2, 0.25) is 0 Å². The normalized spacial score (nSPS) is 18.2. The summed E-state index contributed by atoms with van der Waals surface area (Å²) in [4.78, 5) is 0. The molecule has 156 valence electrons. The molecular weight excluding hydrogens is 383 g/mol. The van der Waals surface area contributed by atoms with Crippen LogP contribution in [0.15, 0.2) is 60.7 Å². The molecule has 0 radical (unpaired) electrons. The summed E-state index contributed by atoms with van der Waals surface area (Å²) < 4.78 is 14.8. The number of nitrogens with one attached hydrogen (secondary N) is 1. The number of aromatic nitrogens is 2. The average molecular weight is 407 g/mol. The Kier molecular flexibility index (Phi) is 5.67. The molecule has 7 heteroatoms. The largest absolute Gasteiger partial charge is 0.733 e. The topological polar surface area (TPSA) is 76.4 Å². The van der Waals surface area contributed by atoms with Crippen LogP contribution in [-0.4, -0.2) is 21.0 Å². The number of aryl methyl sites for hydroxylation is 1. The van der Waals surface area contributed by atoms with Crippen molar-refractivity contribution in [3.8, 4) is 5.69 Å². The van der Waals surface area contributed by atoms with Crippen LogP contribution in [-0.2, 0) is 6.54 Å². The molecule has 1 aliphatic carbocycles. The van der Waals surface area contributed by atoms with Gasteiger partial charge in [-0.1, -0.05) is 36.4 Å². The summed E-state index contributed by atoms with van der Waals surface area (Å²) in [6, 6.07) is 13.6. The van der Waals surface area contributed by atoms with Gasteiger partial charge < -0.3 is 15.8 Å². The molecule has 0 bridgehead atoms. The number of hydrogen-bond acceptors (Lipinski definition) is 5. The number of para-hydroxylation sites is 2. The Morgan fingerprint density at radius 1 is 1.17 bits per heavy atom. The van der Waals surface area contributed by atoms with E-state index in [1.807, 2.05) is 19.9 Å². The van der Waals surface area contributed by atoms with Gasteiger partial charge >= 0.3 is 0 Å². The van der Waals surface area contributed by atoms with Gasteiger partial charge in [-0.2, -0.15) is 5.10 Å². The van der Waals surface area contributed by atoms with Gasteiger partial charge in [-0.05, 0) is 50.1 Å². The molecule has 0 saturated heterocycles. The zero-order chi connectivity index (χ0) is 21.3. The average Bonchev–Trinajstić information content (AvgIpc) is 3.31. The molecule has 0 fully saturated rings. The van der Waals surface area contributed by atoms with Crippen LogP contribution in [0.1, 0.15) is 34.9 Å². The minimum absolute atomic E-state index is 0.129. The van der Waals surface area contributed by atoms with E-state index in [4.69, 9.17) is 0 Å². The number of benzene rings is 2. The summed E-state index contributed by atoms with van der Waals surface area (Å²) in [7, 11) is 0. The first-order chi connectivity index (χ1) is 14.4. The maximum Gasteiger partial charge on any atom is 0.123 e. The Morgan fingerprint density at radius 2 is 1.90 bits per heavy atom. The molecular formula is C23H24FN4O2-. The molecule has 1 aromatic heterocycles. The van der Waals surface area contributed by atoms with E-state index in [1.54, 1.807) is 35.0 Å². The molecule has 3 aromatic rings. The van der Waals surface area contributed by atoms with Crippen molar-refractivity contribution >= 4 is 5.69 Å². The van der Waals surface area contributed by atoms with E-state index >= 15 is 0 Å². The van der Waals surface area contributed by atoms with Crippen molar-refractivity contribution < 1.29 is 9.60 Å². The van der Waals surface area contributed by atoms with Crippen LogP contribution in [0.3, 0.4) is 0 Å². The van der Waals surface area contributed by atoms with Crippen LogP contribution in [0.25, 0.3) is 5.69 Å². The molecule has 2 atom stereocenters. The van der Waals surface area contributed by atoms with E-state index in [2.05, 4.69) is 22.6 Å². The number of allylic oxidation sites excluding steroid dienone is 1. The Hall–Kier alpha value is -3.00. The first kappa shape index (κ1) is 20.3. The zero-order valence-corrected chi connectivity index (χ0v) is 16.9. The smallest absolute Gasteiger partial charge is 0.123 e. The minimum atomic E-state index is -0.231. The first-order valence-electron chi connectivity index (χ1n) is 9.92. The fourth-order valence-electron chi connectivity index (χ4n) is 4.15. The highest BCUT2D eigenvalue weighted by Crippen LogP contribution is 2.35. The summed E-state index contributed by atoms with van der Waals surface area (Å²) in [6.45, 7) is 4.61. The van der Waals surface area contributed by atoms with Gasteiger partial charge in [-0.3, -0.25) is 5.21 Å². The molecule has 1 aliphatic rings. The number of anilines is 1. The van der Waals surface area contributed by atoms with Crippen molar-refractivity contribution in [2.75, 3.05) is 5.23 Å². The van der Waals surface area contributed by atoms with Crippen LogP contribution < -0.4 is 10.5 Å². The fourth-order valence-corrected chi connectivity index (χ4v) is 4.15. The molecule has 0 saturated carbocycles. The summed E-state index contributed by atoms with van der Waals surface area (Å²) in [6.07, 6.45) is 5.23. The lowest BCUT2D eigenvalue weighted by atomic mass is 9.96. The van der Waals surface area contributed by atoms with Gasteiger partial charge in [0.25, 0.3) is 0 Å². The van der Waals surface area contributed by atoms with Gasteiger partial charge in [-0.15, -0.1) is 0 Å². The molecule has 2 N–H and O–H groups in total. The predicted octanol–water partition coefficient (Wildman–Crippen LogP) is 4.52. The highest BCUT2D eigenvalue weighted by atomic mass is 19.1. The van der Waals surface area contributed by atoms with Crippen molar-refractivity contribution in [3.05, 3.63) is 94.2 Å². The molecule has 30 heavy (non-hydrogen) atoms. The molecule has 2 aromatic carbocycles. The SMILES string of the molecule is Cc1nn(-c2ccccc2N([O-])O)c(C)c1C1C=CC(NCc2ccc(F)cc2)C1. The molecule has 2 unspecified atom stereocenters. The molecule has 4 rings (SSSR count). The highest BCUT2D eigenvalue weighted by Gasteiger charge is 2.26. The van der Waals surface area contributed by atoms with Crippen LogP contribution in [0.2, 0.25) is 0 Å². The summed E-state index contributed by atoms with van der Waals surface area (Å²) >= 11 is 0. The van der Waals surface area contributed by atoms with E-state index in [-0.39, 0.29) is 28.7 Å². The van der Waals surface area contributed by atoms with Crippen LogP contribution >= 0.6 is 0 Å². The summed E-state index contributed by atoms with van der Waals surface area (Å²) in [5.74, 6) is -0.0282. The Bertz CT molecular complexity index is 1060. The van der Waals surface area contributed by atoms with Crippen LogP contribution in [0.5, 0.6) is 0 Å². The molecule has 6 nitrogen and oxygen atoms in total. The minimum Gasteiger partial charge on any atom is -0.733 e. The van der Waals surface area contributed by atoms with E-state index < -0.39 is 0 Å². The maximum atomic E-state index is 13.1. The zero-order valence-electron chi connectivity index (χ0n) is 16.9. The Labute approximate surface area is 174 Å². The monoisotopic (exact) mass is 407 g/mol. The second-order valence-corrected chi connectivity index (χ2v) is 7.60. The summed E-state index contributed by atoms with van der Waals surface area (Å²) in [5.41, 5.74) is 4.69. The van der Waals surface area contributed by atoms with E-state index in [9.17, 15) is 14.8 Å². The number of nitrogens with zero attached hydrogens (tertiary/aromatic N) is 3. The van der Waals surface area contributed by atoms with Crippen molar-refractivity contribution in [1.82, 2.24) is 15.1 Å². The maximum absolute atomic E-state index is 13.1. The number of halogens is 1. The third kappa shape index (κ3) is 4.00. The lowest BCUT2D eigenvalue weighted by Gasteiger charge is -2.24. The quantitative estimate of drug-likeness (QED) is 0.464. The first-order valence-corrected chi connectivity index (χ1v) is 9.92. The predicted molar refractivity (Wildman–Crippen MR) is 114 cm³/mol. The standard InChI is InChI=1S/C23H24FN4O2/c1-15-23(16(2)27(26-15)21-5-3-4-6-22(21)28(29)30)18-9-12-20(13-18)25-14-17-7-10-19(24)11-8-17/h3-12,18,20,25,29H,13-14H2,1-2H3/q-1. The molecule has 0 aliphatic heterocycles. The lowest BCUT2D eigenvalue weighted by molar-refractivity contribution is 0.296. The Balaban J connectivity index is 1.51. The van der Waals surface area contributed by atoms with Gasteiger partial charge in [0, 0.05) is 29.8 Å². The molecule has 1 heterocycles. The number of hydrogen-bond donors (Lipinski definition) is 2. The van der Waals surface area contributed by atoms with Gasteiger partial charge in [0.1, 0.15) is 5.82 Å². The van der Waals surface area contributed by atoms with Crippen molar-refractivity contribution in [2.24, 2.45) is 0 Å². The second kappa shape index (κ2) is 8.39. The lowest BCUT2D eigenvalue weighted by Crippen LogP contribution is -2.25. The van der Waals surface area contributed by atoms with Crippen molar-refractivity contribution in [1.29, 1.82) is 0 Å². The third-order valence-electron chi connectivity index (χ3n) is 5.60. The summed E-state index contributed by atoms with van der Waals surface area (Å²) in [5, 5.41) is 29.0. The van der Waals surface area contributed by atoms with Crippen LogP contribution in [0, 0.1) is 24.9 Å². The van der Waals surface area contributed by atoms with Gasteiger partial charge in [0.15, 0.2) is 0 Å². The molecule has 0 spiro atoms. The van der Waals surface area contributed by atoms with Gasteiger partial charge in [-0.25, -0.2) is 9.07 Å². The van der Waals surface area contributed by atoms with Gasteiger partial charge in [0.05, 0.1) is 17.1 Å². The number of rotatable bonds is 6. The Morgan fingerprint density at radius 3 is 2.63 bits per heavy atom. The third-order valence-corrected chi connectivity index (χ3v) is 5.60. The van der Waals surface area contributed by atoms with E-state index in [0.717, 1.165) is 28.9 Å². The van der Waals surface area contributed by atoms with Crippen LogP contribution in [0.4, 0.5) is 10.1 Å². The highest BCUT2D eigenvalue weighted by molar-refractivity contribution is 5.62.